The fraction of sp³-hybridized carbons (Fsp3) is 0.661. The van der Waals surface area contributed by atoms with E-state index in [9.17, 15) is 39.8 Å². The van der Waals surface area contributed by atoms with Crippen molar-refractivity contribution in [1.82, 2.24) is 0 Å². The molecule has 1 rings (SSSR count). The number of phosphoric acid groups is 1. The van der Waals surface area contributed by atoms with Gasteiger partial charge in [0.15, 0.2) is 0 Å². The highest BCUT2D eigenvalue weighted by molar-refractivity contribution is 7.47. The second-order valence-corrected chi connectivity index (χ2v) is 19.0. The third kappa shape index (κ3) is 36.6. The molecule has 12 nitrogen and oxygen atoms in total. The van der Waals surface area contributed by atoms with Crippen LogP contribution < -0.4 is 0 Å². The minimum absolute atomic E-state index is 0.0974. The van der Waals surface area contributed by atoms with Crippen molar-refractivity contribution in [3.05, 3.63) is 109 Å². The second-order valence-electron chi connectivity index (χ2n) is 17.6. The minimum atomic E-state index is -5.05. The van der Waals surface area contributed by atoms with Crippen LogP contribution in [0, 0.1) is 0 Å². The van der Waals surface area contributed by atoms with Gasteiger partial charge in [-0.2, -0.15) is 0 Å². The highest BCUT2D eigenvalue weighted by Gasteiger charge is 2.51. The second kappa shape index (κ2) is 44.9. The summed E-state index contributed by atoms with van der Waals surface area (Å²) in [6.07, 6.45) is 51.5. The molecule has 0 bridgehead atoms. The minimum Gasteiger partial charge on any atom is -0.457 e. The Labute approximate surface area is 417 Å². The number of unbranched alkanes of at least 4 members (excludes halogenated alkanes) is 13. The molecule has 0 radical (unpaired) electrons. The summed E-state index contributed by atoms with van der Waals surface area (Å²) in [5.41, 5.74) is 0. The van der Waals surface area contributed by atoms with Gasteiger partial charge < -0.3 is 39.9 Å². The number of allylic oxidation sites excluding steroid dienone is 18. The molecule has 69 heavy (non-hydrogen) atoms. The van der Waals surface area contributed by atoms with Crippen LogP contribution in [-0.4, -0.2) is 98.9 Å². The maximum absolute atomic E-state index is 12.9. The number of hydrogen-bond acceptors (Lipinski definition) is 11. The first-order chi connectivity index (χ1) is 33.5. The number of aliphatic hydroxyl groups excluding tert-OH is 5. The molecule has 0 amide bonds. The van der Waals surface area contributed by atoms with Crippen molar-refractivity contribution in [1.29, 1.82) is 0 Å². The van der Waals surface area contributed by atoms with Crippen LogP contribution in [0.3, 0.4) is 0 Å². The largest absolute Gasteiger partial charge is 0.472 e. The zero-order valence-corrected chi connectivity index (χ0v) is 43.2. The molecular formula is C56H93O12P. The number of aliphatic hydroxyl groups is 5. The summed E-state index contributed by atoms with van der Waals surface area (Å²) in [5.74, 6) is -0.540. The van der Waals surface area contributed by atoms with Crippen molar-refractivity contribution in [2.45, 2.75) is 217 Å². The average molecular weight is 989 g/mol. The van der Waals surface area contributed by atoms with Crippen molar-refractivity contribution in [2.24, 2.45) is 0 Å². The third-order valence-corrected chi connectivity index (χ3v) is 12.4. The van der Waals surface area contributed by atoms with Crippen LogP contribution in [-0.2, 0) is 27.9 Å². The summed E-state index contributed by atoms with van der Waals surface area (Å²) in [6.45, 7) is 4.05. The first kappa shape index (κ1) is 64.0. The summed E-state index contributed by atoms with van der Waals surface area (Å²) >= 11 is 0. The van der Waals surface area contributed by atoms with Crippen molar-refractivity contribution in [3.8, 4) is 0 Å². The molecule has 0 aromatic carbocycles. The van der Waals surface area contributed by atoms with E-state index in [4.69, 9.17) is 18.5 Å². The first-order valence-electron chi connectivity index (χ1n) is 26.2. The van der Waals surface area contributed by atoms with Gasteiger partial charge in [0, 0.05) is 13.0 Å². The quantitative estimate of drug-likeness (QED) is 0.0147. The van der Waals surface area contributed by atoms with E-state index in [-0.39, 0.29) is 13.0 Å². The summed E-state index contributed by atoms with van der Waals surface area (Å²) in [4.78, 5) is 23.2. The molecule has 0 aliphatic heterocycles. The lowest BCUT2D eigenvalue weighted by atomic mass is 9.85. The smallest absolute Gasteiger partial charge is 0.457 e. The van der Waals surface area contributed by atoms with Gasteiger partial charge in [-0.25, -0.2) is 4.57 Å². The molecule has 13 heteroatoms. The van der Waals surface area contributed by atoms with E-state index in [1.54, 1.807) is 0 Å². The summed E-state index contributed by atoms with van der Waals surface area (Å²) in [7, 11) is -5.05. The highest BCUT2D eigenvalue weighted by Crippen LogP contribution is 2.47. The number of carbonyl (C=O) groups is 1. The zero-order chi connectivity index (χ0) is 50.5. The van der Waals surface area contributed by atoms with Crippen LogP contribution >= 0.6 is 7.82 Å². The Kier molecular flexibility index (Phi) is 41.7. The zero-order valence-electron chi connectivity index (χ0n) is 42.3. The molecule has 0 heterocycles. The Morgan fingerprint density at radius 3 is 1.30 bits per heavy atom. The van der Waals surface area contributed by atoms with Crippen LogP contribution in [0.2, 0.25) is 0 Å². The lowest BCUT2D eigenvalue weighted by Gasteiger charge is -2.41. The Bertz CT molecular complexity index is 1550. The summed E-state index contributed by atoms with van der Waals surface area (Å²) < 4.78 is 34.2. The van der Waals surface area contributed by atoms with Gasteiger partial charge in [0.2, 0.25) is 0 Å². The van der Waals surface area contributed by atoms with Gasteiger partial charge in [-0.1, -0.05) is 181 Å². The average Bonchev–Trinajstić information content (AvgIpc) is 3.34. The number of hydrogen-bond donors (Lipinski definition) is 6. The van der Waals surface area contributed by atoms with E-state index in [0.717, 1.165) is 83.5 Å². The van der Waals surface area contributed by atoms with Gasteiger partial charge in [-0.3, -0.25) is 13.8 Å². The molecule has 6 N–H and O–H groups in total. The van der Waals surface area contributed by atoms with E-state index in [1.807, 2.05) is 12.2 Å². The molecule has 1 aliphatic carbocycles. The van der Waals surface area contributed by atoms with Crippen molar-refractivity contribution in [2.75, 3.05) is 19.8 Å². The molecule has 1 fully saturated rings. The molecule has 6 atom stereocenters. The summed E-state index contributed by atoms with van der Waals surface area (Å²) in [5, 5.41) is 50.3. The standard InChI is InChI=1S/C56H93O12P/c1-3-5-7-9-11-13-15-17-19-21-23-24-25-26-27-29-31-33-35-37-39-41-43-45-50(57)67-49(48-66-69(63,64)68-56-54(61)52(59)51(58)53(60)55(56)62)47-65-46-44-42-40-38-36-34-32-30-28-22-20-18-16-14-12-10-8-6-4-2/h5,7,11,13-14,16-17,19-20,22-24,26-27,31,33,37,39,49,51-56,58-62H,3-4,6,8-10,12,15,18,21,25,28-30,32,34-36,38,40-48H2,1-2H3,(H,63,64)/b7-5-,13-11-,16-14-,19-17-,22-20-,24-23-,27-26-,33-31-,39-37-. The number of esters is 1. The van der Waals surface area contributed by atoms with Gasteiger partial charge in [-0.05, 0) is 96.3 Å². The molecule has 1 saturated carbocycles. The van der Waals surface area contributed by atoms with Gasteiger partial charge >= 0.3 is 13.8 Å². The van der Waals surface area contributed by atoms with Gasteiger partial charge in [0.05, 0.1) is 13.2 Å². The molecule has 0 aromatic heterocycles. The van der Waals surface area contributed by atoms with Gasteiger partial charge in [-0.15, -0.1) is 0 Å². The molecule has 0 aromatic rings. The van der Waals surface area contributed by atoms with Crippen molar-refractivity contribution < 1.29 is 58.3 Å². The van der Waals surface area contributed by atoms with E-state index in [0.29, 0.717) is 19.4 Å². The normalized spacial score (nSPS) is 21.9. The SMILES string of the molecule is CC/C=C\C/C=C\C/C=C\C/C=C\C/C=C\C/C=C\C/C=C\CCCC(=O)OC(COCCCCCCCCCC/C=C\C/C=C\CCCCCC)COP(=O)(O)OC1C(O)C(O)C(O)C(O)C1O. The van der Waals surface area contributed by atoms with E-state index in [2.05, 4.69) is 111 Å². The van der Waals surface area contributed by atoms with E-state index >= 15 is 0 Å². The molecule has 0 saturated heterocycles. The maximum atomic E-state index is 12.9. The van der Waals surface area contributed by atoms with Crippen LogP contribution in [0.25, 0.3) is 0 Å². The summed E-state index contributed by atoms with van der Waals surface area (Å²) in [6, 6.07) is 0. The Morgan fingerprint density at radius 2 is 0.855 bits per heavy atom. The van der Waals surface area contributed by atoms with Gasteiger partial charge in [0.1, 0.15) is 42.7 Å². The first-order valence-corrected chi connectivity index (χ1v) is 27.7. The fourth-order valence-electron chi connectivity index (χ4n) is 7.26. The van der Waals surface area contributed by atoms with Crippen LogP contribution in [0.1, 0.15) is 174 Å². The lowest BCUT2D eigenvalue weighted by Crippen LogP contribution is -2.64. The molecule has 1 aliphatic rings. The van der Waals surface area contributed by atoms with Crippen LogP contribution in [0.5, 0.6) is 0 Å². The molecule has 394 valence electrons. The van der Waals surface area contributed by atoms with Gasteiger partial charge in [0.25, 0.3) is 0 Å². The Balaban J connectivity index is 2.41. The van der Waals surface area contributed by atoms with Crippen molar-refractivity contribution in [3.63, 3.8) is 0 Å². The Morgan fingerprint density at radius 1 is 0.478 bits per heavy atom. The highest BCUT2D eigenvalue weighted by atomic mass is 31.2. The number of ether oxygens (including phenoxy) is 2. The number of carbonyl (C=O) groups excluding carboxylic acids is 1. The molecule has 6 unspecified atom stereocenters. The monoisotopic (exact) mass is 989 g/mol. The number of phosphoric ester groups is 1. The third-order valence-electron chi connectivity index (χ3n) is 11.4. The number of rotatable bonds is 43. The lowest BCUT2D eigenvalue weighted by molar-refractivity contribution is -0.220. The van der Waals surface area contributed by atoms with Crippen LogP contribution in [0.15, 0.2) is 109 Å². The predicted molar refractivity (Wildman–Crippen MR) is 280 cm³/mol. The van der Waals surface area contributed by atoms with Crippen molar-refractivity contribution >= 4 is 13.8 Å². The van der Waals surface area contributed by atoms with Crippen LogP contribution in [0.4, 0.5) is 0 Å². The molecular weight excluding hydrogens is 896 g/mol. The Hall–Kier alpha value is -3.00. The maximum Gasteiger partial charge on any atom is 0.472 e. The topological polar surface area (TPSA) is 192 Å². The fourth-order valence-corrected chi connectivity index (χ4v) is 8.23. The van der Waals surface area contributed by atoms with E-state index < -0.39 is 63.1 Å². The van der Waals surface area contributed by atoms with E-state index in [1.165, 1.54) is 57.8 Å². The molecule has 0 spiro atoms. The predicted octanol–water partition coefficient (Wildman–Crippen LogP) is 12.0.